The lowest BCUT2D eigenvalue weighted by molar-refractivity contribution is 0.676. The molecule has 0 bridgehead atoms. The Labute approximate surface area is 105 Å². The number of hydrogen-bond donors (Lipinski definition) is 0. The summed E-state index contributed by atoms with van der Waals surface area (Å²) in [7, 11) is 0. The topological polar surface area (TPSA) is 30.7 Å². The summed E-state index contributed by atoms with van der Waals surface area (Å²) in [5.74, 6) is 1.36. The molecule has 0 aromatic carbocycles. The number of aromatic nitrogens is 3. The Bertz CT molecular complexity index is 501. The molecule has 1 saturated carbocycles. The van der Waals surface area contributed by atoms with Crippen molar-refractivity contribution in [1.82, 2.24) is 14.8 Å². The van der Waals surface area contributed by atoms with Crippen LogP contribution >= 0.6 is 11.6 Å². The quantitative estimate of drug-likeness (QED) is 0.812. The third kappa shape index (κ3) is 2.07. The summed E-state index contributed by atoms with van der Waals surface area (Å²) < 4.78 is 1.72. The number of rotatable bonds is 2. The van der Waals surface area contributed by atoms with Gasteiger partial charge in [-0.2, -0.15) is 5.10 Å². The number of pyridine rings is 1. The van der Waals surface area contributed by atoms with Crippen molar-refractivity contribution in [2.24, 2.45) is 0 Å². The van der Waals surface area contributed by atoms with Crippen LogP contribution in [0.15, 0.2) is 30.5 Å². The first-order valence-corrected chi connectivity index (χ1v) is 6.39. The minimum absolute atomic E-state index is 0.581. The van der Waals surface area contributed by atoms with E-state index in [0.717, 1.165) is 11.5 Å². The summed E-state index contributed by atoms with van der Waals surface area (Å²) in [5.41, 5.74) is 1.11. The van der Waals surface area contributed by atoms with E-state index in [2.05, 4.69) is 10.1 Å². The van der Waals surface area contributed by atoms with Gasteiger partial charge in [0.25, 0.3) is 0 Å². The molecule has 2 aromatic heterocycles. The summed E-state index contributed by atoms with van der Waals surface area (Å²) in [4.78, 5) is 4.27. The molecule has 0 amide bonds. The first-order chi connectivity index (χ1) is 8.34. The second-order valence-corrected chi connectivity index (χ2v) is 4.86. The van der Waals surface area contributed by atoms with Gasteiger partial charge < -0.3 is 0 Å². The van der Waals surface area contributed by atoms with Crippen molar-refractivity contribution >= 4 is 11.6 Å². The Kier molecular flexibility index (Phi) is 2.85. The molecule has 0 radical (unpaired) electrons. The van der Waals surface area contributed by atoms with Crippen molar-refractivity contribution < 1.29 is 0 Å². The standard InChI is InChI=1S/C13H14ClN3/c14-12-9-11(10-5-1-2-6-10)16-17(12)13-7-3-4-8-15-13/h3-4,7-10H,1-2,5-6H2. The van der Waals surface area contributed by atoms with Gasteiger partial charge in [0.05, 0.1) is 5.69 Å². The van der Waals surface area contributed by atoms with Crippen molar-refractivity contribution in [2.75, 3.05) is 0 Å². The molecule has 1 aliphatic rings. The molecule has 0 unspecified atom stereocenters. The van der Waals surface area contributed by atoms with E-state index in [4.69, 9.17) is 11.6 Å². The minimum atomic E-state index is 0.581. The van der Waals surface area contributed by atoms with Crippen LogP contribution < -0.4 is 0 Å². The fraction of sp³-hybridized carbons (Fsp3) is 0.385. The van der Waals surface area contributed by atoms with E-state index < -0.39 is 0 Å². The lowest BCUT2D eigenvalue weighted by atomic mass is 10.1. The Morgan fingerprint density at radius 3 is 2.76 bits per heavy atom. The monoisotopic (exact) mass is 247 g/mol. The van der Waals surface area contributed by atoms with E-state index in [1.54, 1.807) is 10.9 Å². The van der Waals surface area contributed by atoms with Gasteiger partial charge in [0.15, 0.2) is 5.82 Å². The molecule has 1 fully saturated rings. The molecule has 88 valence electrons. The zero-order chi connectivity index (χ0) is 11.7. The third-order valence-electron chi connectivity index (χ3n) is 3.32. The summed E-state index contributed by atoms with van der Waals surface area (Å²) >= 11 is 6.22. The van der Waals surface area contributed by atoms with Crippen molar-refractivity contribution in [2.45, 2.75) is 31.6 Å². The predicted molar refractivity (Wildman–Crippen MR) is 67.6 cm³/mol. The second-order valence-electron chi connectivity index (χ2n) is 4.47. The van der Waals surface area contributed by atoms with Crippen LogP contribution in [0.1, 0.15) is 37.3 Å². The van der Waals surface area contributed by atoms with Gasteiger partial charge in [-0.3, -0.25) is 0 Å². The summed E-state index contributed by atoms with van der Waals surface area (Å²) in [6.07, 6.45) is 6.82. The highest BCUT2D eigenvalue weighted by Gasteiger charge is 2.21. The average molecular weight is 248 g/mol. The van der Waals surface area contributed by atoms with E-state index in [9.17, 15) is 0 Å². The van der Waals surface area contributed by atoms with Gasteiger partial charge in [-0.1, -0.05) is 30.5 Å². The summed E-state index contributed by atoms with van der Waals surface area (Å²) in [5, 5.41) is 5.23. The molecule has 4 heteroatoms. The van der Waals surface area contributed by atoms with E-state index in [1.807, 2.05) is 24.3 Å². The van der Waals surface area contributed by atoms with Crippen LogP contribution in [0.4, 0.5) is 0 Å². The fourth-order valence-corrected chi connectivity index (χ4v) is 2.67. The van der Waals surface area contributed by atoms with Crippen LogP contribution in [-0.4, -0.2) is 14.8 Å². The predicted octanol–water partition coefficient (Wildman–Crippen LogP) is 3.58. The molecule has 0 spiro atoms. The second kappa shape index (κ2) is 4.49. The molecule has 1 aliphatic carbocycles. The Morgan fingerprint density at radius 2 is 2.06 bits per heavy atom. The van der Waals surface area contributed by atoms with Crippen LogP contribution in [0.25, 0.3) is 5.82 Å². The molecule has 3 nitrogen and oxygen atoms in total. The summed E-state index contributed by atoms with van der Waals surface area (Å²) in [6.45, 7) is 0. The highest BCUT2D eigenvalue weighted by molar-refractivity contribution is 6.29. The smallest absolute Gasteiger partial charge is 0.155 e. The van der Waals surface area contributed by atoms with Crippen molar-refractivity contribution in [1.29, 1.82) is 0 Å². The van der Waals surface area contributed by atoms with Crippen LogP contribution in [0, 0.1) is 0 Å². The normalized spacial score (nSPS) is 16.5. The number of hydrogen-bond acceptors (Lipinski definition) is 2. The van der Waals surface area contributed by atoms with E-state index >= 15 is 0 Å². The van der Waals surface area contributed by atoms with E-state index in [0.29, 0.717) is 11.1 Å². The molecule has 2 aromatic rings. The van der Waals surface area contributed by atoms with E-state index in [1.165, 1.54) is 25.7 Å². The summed E-state index contributed by atoms with van der Waals surface area (Å²) in [6, 6.07) is 7.72. The fourth-order valence-electron chi connectivity index (χ4n) is 2.44. The van der Waals surface area contributed by atoms with Crippen molar-refractivity contribution in [3.8, 4) is 5.82 Å². The van der Waals surface area contributed by atoms with Gasteiger partial charge in [-0.15, -0.1) is 0 Å². The lowest BCUT2D eigenvalue weighted by Gasteiger charge is -2.04. The number of halogens is 1. The van der Waals surface area contributed by atoms with Gasteiger partial charge in [-0.25, -0.2) is 9.67 Å². The van der Waals surface area contributed by atoms with Gasteiger partial charge in [0.1, 0.15) is 5.15 Å². The molecule has 2 heterocycles. The van der Waals surface area contributed by atoms with Crippen LogP contribution in [0.2, 0.25) is 5.15 Å². The van der Waals surface area contributed by atoms with E-state index in [-0.39, 0.29) is 0 Å². The first-order valence-electron chi connectivity index (χ1n) is 6.01. The molecular formula is C13H14ClN3. The molecule has 0 N–H and O–H groups in total. The van der Waals surface area contributed by atoms with Crippen LogP contribution in [0.3, 0.4) is 0 Å². The largest absolute Gasteiger partial charge is 0.237 e. The highest BCUT2D eigenvalue weighted by atomic mass is 35.5. The average Bonchev–Trinajstić information content (AvgIpc) is 2.99. The van der Waals surface area contributed by atoms with Gasteiger partial charge in [0, 0.05) is 12.1 Å². The highest BCUT2D eigenvalue weighted by Crippen LogP contribution is 2.34. The molecule has 3 rings (SSSR count). The molecule has 0 atom stereocenters. The molecular weight excluding hydrogens is 234 g/mol. The maximum Gasteiger partial charge on any atom is 0.155 e. The van der Waals surface area contributed by atoms with Gasteiger partial charge in [0.2, 0.25) is 0 Å². The SMILES string of the molecule is Clc1cc(C2CCCC2)nn1-c1ccccn1. The molecule has 17 heavy (non-hydrogen) atoms. The molecule has 0 saturated heterocycles. The maximum absolute atomic E-state index is 6.22. The van der Waals surface area contributed by atoms with Crippen molar-refractivity contribution in [3.05, 3.63) is 41.3 Å². The van der Waals surface area contributed by atoms with Crippen LogP contribution in [-0.2, 0) is 0 Å². The maximum atomic E-state index is 6.22. The Hall–Kier alpha value is -1.35. The zero-order valence-electron chi connectivity index (χ0n) is 9.51. The first kappa shape index (κ1) is 10.8. The minimum Gasteiger partial charge on any atom is -0.237 e. The Balaban J connectivity index is 1.96. The Morgan fingerprint density at radius 1 is 1.24 bits per heavy atom. The number of nitrogens with zero attached hydrogens (tertiary/aromatic N) is 3. The lowest BCUT2D eigenvalue weighted by Crippen LogP contribution is -2.01. The zero-order valence-corrected chi connectivity index (χ0v) is 10.3. The van der Waals surface area contributed by atoms with Crippen LogP contribution in [0.5, 0.6) is 0 Å². The van der Waals surface area contributed by atoms with Gasteiger partial charge in [-0.05, 0) is 31.0 Å². The molecule has 0 aliphatic heterocycles. The van der Waals surface area contributed by atoms with Gasteiger partial charge >= 0.3 is 0 Å². The third-order valence-corrected chi connectivity index (χ3v) is 3.59. The van der Waals surface area contributed by atoms with Crippen molar-refractivity contribution in [3.63, 3.8) is 0 Å².